The van der Waals surface area contributed by atoms with Crippen molar-refractivity contribution in [2.24, 2.45) is 5.92 Å². The molecule has 1 N–H and O–H groups in total. The molecule has 1 amide bonds. The van der Waals surface area contributed by atoms with E-state index in [0.29, 0.717) is 12.3 Å². The molecule has 4 nitrogen and oxygen atoms in total. The second kappa shape index (κ2) is 6.88. The van der Waals surface area contributed by atoms with Gasteiger partial charge in [-0.3, -0.25) is 4.79 Å². The Hall–Kier alpha value is -0.940. The predicted molar refractivity (Wildman–Crippen MR) is 87.7 cm³/mol. The molecule has 0 unspecified atom stereocenters. The largest absolute Gasteiger partial charge is 0.342 e. The van der Waals surface area contributed by atoms with Gasteiger partial charge in [0.1, 0.15) is 0 Å². The third-order valence-corrected chi connectivity index (χ3v) is 5.30. The van der Waals surface area contributed by atoms with Crippen molar-refractivity contribution in [3.63, 3.8) is 0 Å². The molecule has 1 aromatic rings. The Bertz CT molecular complexity index is 470. The Labute approximate surface area is 132 Å². The van der Waals surface area contributed by atoms with Crippen LogP contribution in [-0.2, 0) is 16.6 Å². The lowest BCUT2D eigenvalue weighted by Gasteiger charge is -2.31. The minimum Gasteiger partial charge on any atom is -0.342 e. The van der Waals surface area contributed by atoms with Gasteiger partial charge >= 0.3 is 0 Å². The SMILES string of the molecule is CNCC1CCN(C(=O)Cc2csc(C(C)(C)C)n2)CC1. The zero-order valence-electron chi connectivity index (χ0n) is 13.6. The molecule has 118 valence electrons. The molecule has 1 aliphatic rings. The van der Waals surface area contributed by atoms with Crippen molar-refractivity contribution in [3.05, 3.63) is 16.1 Å². The maximum atomic E-state index is 12.4. The summed E-state index contributed by atoms with van der Waals surface area (Å²) >= 11 is 1.66. The van der Waals surface area contributed by atoms with Gasteiger partial charge in [-0.1, -0.05) is 20.8 Å². The smallest absolute Gasteiger partial charge is 0.228 e. The van der Waals surface area contributed by atoms with Gasteiger partial charge < -0.3 is 10.2 Å². The lowest BCUT2D eigenvalue weighted by Crippen LogP contribution is -2.41. The van der Waals surface area contributed by atoms with Gasteiger partial charge in [-0.2, -0.15) is 0 Å². The van der Waals surface area contributed by atoms with Gasteiger partial charge in [0.15, 0.2) is 0 Å². The van der Waals surface area contributed by atoms with Gasteiger partial charge in [0.2, 0.25) is 5.91 Å². The average molecular weight is 309 g/mol. The Morgan fingerprint density at radius 1 is 1.43 bits per heavy atom. The number of likely N-dealkylation sites (tertiary alicyclic amines) is 1. The number of nitrogens with one attached hydrogen (secondary N) is 1. The van der Waals surface area contributed by atoms with Crippen LogP contribution in [0.3, 0.4) is 0 Å². The fraction of sp³-hybridized carbons (Fsp3) is 0.750. The monoisotopic (exact) mass is 309 g/mol. The third-order valence-electron chi connectivity index (χ3n) is 3.99. The van der Waals surface area contributed by atoms with Crippen LogP contribution in [0.1, 0.15) is 44.3 Å². The highest BCUT2D eigenvalue weighted by atomic mass is 32.1. The van der Waals surface area contributed by atoms with E-state index in [-0.39, 0.29) is 11.3 Å². The number of carbonyl (C=O) groups is 1. The number of thiazole rings is 1. The van der Waals surface area contributed by atoms with Gasteiger partial charge in [-0.25, -0.2) is 4.98 Å². The molecule has 0 aliphatic carbocycles. The summed E-state index contributed by atoms with van der Waals surface area (Å²) in [6.07, 6.45) is 2.66. The number of amides is 1. The van der Waals surface area contributed by atoms with Gasteiger partial charge in [-0.15, -0.1) is 11.3 Å². The van der Waals surface area contributed by atoms with Crippen molar-refractivity contribution in [1.29, 1.82) is 0 Å². The highest BCUT2D eigenvalue weighted by molar-refractivity contribution is 7.09. The van der Waals surface area contributed by atoms with E-state index in [9.17, 15) is 4.79 Å². The minimum absolute atomic E-state index is 0.0669. The molecule has 0 bridgehead atoms. The summed E-state index contributed by atoms with van der Waals surface area (Å²) in [5.41, 5.74) is 0.990. The summed E-state index contributed by atoms with van der Waals surface area (Å²) in [7, 11) is 1.99. The lowest BCUT2D eigenvalue weighted by atomic mass is 9.96. The highest BCUT2D eigenvalue weighted by Gasteiger charge is 2.24. The Kier molecular flexibility index (Phi) is 5.38. The van der Waals surface area contributed by atoms with Gasteiger partial charge in [0.25, 0.3) is 0 Å². The molecule has 0 atom stereocenters. The molecule has 1 fully saturated rings. The molecule has 5 heteroatoms. The van der Waals surface area contributed by atoms with Gasteiger partial charge in [0.05, 0.1) is 17.1 Å². The first-order valence-corrected chi connectivity index (χ1v) is 8.65. The van der Waals surface area contributed by atoms with Gasteiger partial charge in [0, 0.05) is 23.9 Å². The number of nitrogens with zero attached hydrogens (tertiary/aromatic N) is 2. The van der Waals surface area contributed by atoms with E-state index in [1.165, 1.54) is 0 Å². The van der Waals surface area contributed by atoms with Crippen LogP contribution in [0.2, 0.25) is 0 Å². The van der Waals surface area contributed by atoms with Crippen LogP contribution >= 0.6 is 11.3 Å². The number of carbonyl (C=O) groups excluding carboxylic acids is 1. The first-order chi connectivity index (χ1) is 9.90. The normalized spacial score (nSPS) is 17.2. The molecule has 1 aromatic heterocycles. The summed E-state index contributed by atoms with van der Waals surface area (Å²) in [6, 6.07) is 0. The maximum Gasteiger partial charge on any atom is 0.228 e. The Balaban J connectivity index is 1.86. The summed E-state index contributed by atoms with van der Waals surface area (Å²) in [6.45, 7) is 9.31. The molecule has 2 rings (SSSR count). The van der Waals surface area contributed by atoms with Crippen molar-refractivity contribution in [3.8, 4) is 0 Å². The Morgan fingerprint density at radius 2 is 2.10 bits per heavy atom. The van der Waals surface area contributed by atoms with Crippen molar-refractivity contribution in [2.75, 3.05) is 26.7 Å². The first-order valence-electron chi connectivity index (χ1n) is 7.77. The molecule has 1 aliphatic heterocycles. The molecule has 2 heterocycles. The number of hydrogen-bond acceptors (Lipinski definition) is 4. The van der Waals surface area contributed by atoms with E-state index < -0.39 is 0 Å². The fourth-order valence-electron chi connectivity index (χ4n) is 2.67. The first kappa shape index (κ1) is 16.4. The molecule has 1 saturated heterocycles. The van der Waals surface area contributed by atoms with E-state index >= 15 is 0 Å². The van der Waals surface area contributed by atoms with Crippen molar-refractivity contribution in [2.45, 2.75) is 45.4 Å². The Morgan fingerprint density at radius 3 is 2.62 bits per heavy atom. The van der Waals surface area contributed by atoms with Crippen LogP contribution in [0.15, 0.2) is 5.38 Å². The number of piperidine rings is 1. The molecule has 0 spiro atoms. The van der Waals surface area contributed by atoms with Crippen LogP contribution in [0.25, 0.3) is 0 Å². The average Bonchev–Trinajstić information content (AvgIpc) is 2.88. The molecule has 0 radical (unpaired) electrons. The molecule has 0 aromatic carbocycles. The molecule has 0 saturated carbocycles. The molecular weight excluding hydrogens is 282 g/mol. The second-order valence-electron chi connectivity index (χ2n) is 6.95. The summed E-state index contributed by atoms with van der Waals surface area (Å²) in [4.78, 5) is 19.0. The van der Waals surface area contributed by atoms with Crippen molar-refractivity contribution in [1.82, 2.24) is 15.2 Å². The highest BCUT2D eigenvalue weighted by Crippen LogP contribution is 2.26. The van der Waals surface area contributed by atoms with Gasteiger partial charge in [-0.05, 0) is 32.4 Å². The minimum atomic E-state index is 0.0669. The summed E-state index contributed by atoms with van der Waals surface area (Å²) < 4.78 is 0. The zero-order valence-corrected chi connectivity index (χ0v) is 14.4. The lowest BCUT2D eigenvalue weighted by molar-refractivity contribution is -0.131. The fourth-order valence-corrected chi connectivity index (χ4v) is 3.58. The number of rotatable bonds is 4. The number of hydrogen-bond donors (Lipinski definition) is 1. The third kappa shape index (κ3) is 4.51. The van der Waals surface area contributed by atoms with E-state index in [0.717, 1.165) is 43.2 Å². The predicted octanol–water partition coefficient (Wildman–Crippen LogP) is 2.44. The van der Waals surface area contributed by atoms with E-state index in [2.05, 4.69) is 31.1 Å². The van der Waals surface area contributed by atoms with E-state index in [1.54, 1.807) is 11.3 Å². The zero-order chi connectivity index (χ0) is 15.5. The summed E-state index contributed by atoms with van der Waals surface area (Å²) in [5.74, 6) is 0.939. The van der Waals surface area contributed by atoms with Crippen LogP contribution < -0.4 is 5.32 Å². The molecular formula is C16H27N3OS. The van der Waals surface area contributed by atoms with E-state index in [1.807, 2.05) is 17.3 Å². The van der Waals surface area contributed by atoms with Crippen LogP contribution in [0.4, 0.5) is 0 Å². The molecule has 21 heavy (non-hydrogen) atoms. The standard InChI is InChI=1S/C16H27N3OS/c1-16(2,3)15-18-13(11-21-15)9-14(20)19-7-5-12(6-8-19)10-17-4/h11-12,17H,5-10H2,1-4H3. The second-order valence-corrected chi connectivity index (χ2v) is 7.81. The quantitative estimate of drug-likeness (QED) is 0.929. The number of aromatic nitrogens is 1. The topological polar surface area (TPSA) is 45.2 Å². The van der Waals surface area contributed by atoms with Crippen molar-refractivity contribution < 1.29 is 4.79 Å². The van der Waals surface area contributed by atoms with E-state index in [4.69, 9.17) is 0 Å². The van der Waals surface area contributed by atoms with Crippen LogP contribution in [0, 0.1) is 5.92 Å². The van der Waals surface area contributed by atoms with Crippen LogP contribution in [-0.4, -0.2) is 42.5 Å². The summed E-state index contributed by atoms with van der Waals surface area (Å²) in [5, 5.41) is 6.37. The van der Waals surface area contributed by atoms with Crippen LogP contribution in [0.5, 0.6) is 0 Å². The van der Waals surface area contributed by atoms with Crippen molar-refractivity contribution >= 4 is 17.2 Å². The maximum absolute atomic E-state index is 12.4.